The Hall–Kier alpha value is -2.57. The molecule has 0 fully saturated rings. The number of carboxylic acid groups (broad SMARTS) is 1. The van der Waals surface area contributed by atoms with E-state index in [0.717, 1.165) is 29.8 Å². The van der Waals surface area contributed by atoms with Gasteiger partial charge in [-0.1, -0.05) is 35.9 Å². The van der Waals surface area contributed by atoms with E-state index in [1.165, 1.54) is 0 Å². The molecule has 0 aliphatic carbocycles. The van der Waals surface area contributed by atoms with Crippen molar-refractivity contribution in [3.05, 3.63) is 64.7 Å². The zero-order valence-electron chi connectivity index (χ0n) is 18.1. The minimum Gasteiger partial charge on any atom is -0.497 e. The standard InChI is InChI=1S/C24H31ClN2O4/c1-18(20-9-11-21(25)12-10-20)27(14-4-8-24(29)30)15-5-13-26-23(28)17-19-6-3-7-22(16-19)31-2/h3,6-7,9-12,16,18H,4-5,8,13-15,17H2,1-2H3,(H,26,28)(H,29,30). The molecular weight excluding hydrogens is 416 g/mol. The van der Waals surface area contributed by atoms with Gasteiger partial charge < -0.3 is 15.2 Å². The Labute approximate surface area is 189 Å². The highest BCUT2D eigenvalue weighted by Gasteiger charge is 2.16. The Balaban J connectivity index is 1.84. The van der Waals surface area contributed by atoms with Crippen molar-refractivity contribution in [3.63, 3.8) is 0 Å². The lowest BCUT2D eigenvalue weighted by molar-refractivity contribution is -0.137. The molecule has 0 aromatic heterocycles. The highest BCUT2D eigenvalue weighted by atomic mass is 35.5. The summed E-state index contributed by atoms with van der Waals surface area (Å²) in [4.78, 5) is 25.4. The van der Waals surface area contributed by atoms with Gasteiger partial charge in [-0.05, 0) is 61.7 Å². The number of methoxy groups -OCH3 is 1. The van der Waals surface area contributed by atoms with Crippen LogP contribution in [0.15, 0.2) is 48.5 Å². The van der Waals surface area contributed by atoms with Gasteiger partial charge in [0.25, 0.3) is 0 Å². The molecule has 31 heavy (non-hydrogen) atoms. The molecular formula is C24H31ClN2O4. The first-order chi connectivity index (χ1) is 14.9. The fourth-order valence-corrected chi connectivity index (χ4v) is 3.55. The van der Waals surface area contributed by atoms with E-state index in [2.05, 4.69) is 17.1 Å². The lowest BCUT2D eigenvalue weighted by atomic mass is 10.1. The Morgan fingerprint density at radius 3 is 2.52 bits per heavy atom. The number of amides is 1. The summed E-state index contributed by atoms with van der Waals surface area (Å²) in [5.74, 6) is -0.0844. The number of nitrogens with zero attached hydrogens (tertiary/aromatic N) is 1. The number of carbonyl (C=O) groups is 2. The number of nitrogens with one attached hydrogen (secondary N) is 1. The van der Waals surface area contributed by atoms with Crippen LogP contribution in [0.4, 0.5) is 0 Å². The van der Waals surface area contributed by atoms with Crippen molar-refractivity contribution in [1.82, 2.24) is 10.2 Å². The number of aliphatic carboxylic acids is 1. The number of benzene rings is 2. The number of halogens is 1. The van der Waals surface area contributed by atoms with Crippen molar-refractivity contribution in [1.29, 1.82) is 0 Å². The van der Waals surface area contributed by atoms with Gasteiger partial charge in [-0.25, -0.2) is 0 Å². The lowest BCUT2D eigenvalue weighted by Gasteiger charge is -2.29. The summed E-state index contributed by atoms with van der Waals surface area (Å²) in [6.45, 7) is 4.09. The maximum Gasteiger partial charge on any atom is 0.303 e. The first kappa shape index (κ1) is 24.7. The van der Waals surface area contributed by atoms with Crippen LogP contribution in [0.2, 0.25) is 5.02 Å². The zero-order valence-corrected chi connectivity index (χ0v) is 18.9. The van der Waals surface area contributed by atoms with Gasteiger partial charge in [0.05, 0.1) is 13.5 Å². The SMILES string of the molecule is COc1cccc(CC(=O)NCCCN(CCCC(=O)O)C(C)c2ccc(Cl)cc2)c1. The number of ether oxygens (including phenoxy) is 1. The Kier molecular flexibility index (Phi) is 10.3. The van der Waals surface area contributed by atoms with E-state index in [-0.39, 0.29) is 18.4 Å². The predicted molar refractivity (Wildman–Crippen MR) is 123 cm³/mol. The van der Waals surface area contributed by atoms with Crippen molar-refractivity contribution < 1.29 is 19.4 Å². The summed E-state index contributed by atoms with van der Waals surface area (Å²) in [6, 6.07) is 15.3. The number of hydrogen-bond acceptors (Lipinski definition) is 4. The highest BCUT2D eigenvalue weighted by molar-refractivity contribution is 6.30. The molecule has 0 heterocycles. The van der Waals surface area contributed by atoms with Crippen LogP contribution in [-0.2, 0) is 16.0 Å². The minimum atomic E-state index is -0.788. The van der Waals surface area contributed by atoms with Crippen LogP contribution in [0.1, 0.15) is 43.4 Å². The summed E-state index contributed by atoms with van der Waals surface area (Å²) in [6.07, 6.45) is 1.80. The van der Waals surface area contributed by atoms with Crippen LogP contribution in [0.5, 0.6) is 5.75 Å². The average Bonchev–Trinajstić information content (AvgIpc) is 2.75. The molecule has 0 saturated carbocycles. The molecule has 7 heteroatoms. The fourth-order valence-electron chi connectivity index (χ4n) is 3.42. The second-order valence-corrected chi connectivity index (χ2v) is 7.93. The highest BCUT2D eigenvalue weighted by Crippen LogP contribution is 2.22. The van der Waals surface area contributed by atoms with Crippen molar-refractivity contribution in [2.45, 2.75) is 38.6 Å². The molecule has 6 nitrogen and oxygen atoms in total. The van der Waals surface area contributed by atoms with E-state index in [1.807, 2.05) is 48.5 Å². The van der Waals surface area contributed by atoms with E-state index in [1.54, 1.807) is 7.11 Å². The smallest absolute Gasteiger partial charge is 0.303 e. The molecule has 2 N–H and O–H groups in total. The topological polar surface area (TPSA) is 78.9 Å². The molecule has 0 bridgehead atoms. The molecule has 2 aromatic carbocycles. The summed E-state index contributed by atoms with van der Waals surface area (Å²) in [7, 11) is 1.60. The summed E-state index contributed by atoms with van der Waals surface area (Å²) in [5.41, 5.74) is 2.03. The van der Waals surface area contributed by atoms with Crippen LogP contribution < -0.4 is 10.1 Å². The van der Waals surface area contributed by atoms with Gasteiger partial charge in [0.1, 0.15) is 5.75 Å². The van der Waals surface area contributed by atoms with E-state index in [0.29, 0.717) is 31.0 Å². The molecule has 0 saturated heterocycles. The van der Waals surface area contributed by atoms with Crippen molar-refractivity contribution in [2.24, 2.45) is 0 Å². The second-order valence-electron chi connectivity index (χ2n) is 7.49. The van der Waals surface area contributed by atoms with Crippen LogP contribution >= 0.6 is 11.6 Å². The summed E-state index contributed by atoms with van der Waals surface area (Å²) >= 11 is 6.00. The quantitative estimate of drug-likeness (QED) is 0.448. The van der Waals surface area contributed by atoms with Crippen LogP contribution in [0, 0.1) is 0 Å². The molecule has 0 radical (unpaired) electrons. The lowest BCUT2D eigenvalue weighted by Crippen LogP contribution is -2.33. The Morgan fingerprint density at radius 1 is 1.13 bits per heavy atom. The van der Waals surface area contributed by atoms with Crippen LogP contribution in [-0.4, -0.2) is 48.6 Å². The maximum atomic E-state index is 12.2. The van der Waals surface area contributed by atoms with Gasteiger partial charge in [0.15, 0.2) is 0 Å². The first-order valence-electron chi connectivity index (χ1n) is 10.5. The van der Waals surface area contributed by atoms with E-state index in [4.69, 9.17) is 21.4 Å². The molecule has 1 amide bonds. The van der Waals surface area contributed by atoms with Gasteiger partial charge in [0.2, 0.25) is 5.91 Å². The third-order valence-electron chi connectivity index (χ3n) is 5.18. The molecule has 0 aliphatic rings. The second kappa shape index (κ2) is 13.0. The number of rotatable bonds is 13. The van der Waals surface area contributed by atoms with E-state index < -0.39 is 5.97 Å². The molecule has 2 rings (SSSR count). The van der Waals surface area contributed by atoms with Crippen molar-refractivity contribution >= 4 is 23.5 Å². The third-order valence-corrected chi connectivity index (χ3v) is 5.43. The third kappa shape index (κ3) is 8.99. The van der Waals surface area contributed by atoms with Gasteiger partial charge in [-0.3, -0.25) is 14.5 Å². The molecule has 1 unspecified atom stereocenters. The van der Waals surface area contributed by atoms with Crippen molar-refractivity contribution in [3.8, 4) is 5.75 Å². The van der Waals surface area contributed by atoms with Crippen LogP contribution in [0.3, 0.4) is 0 Å². The molecule has 0 aliphatic heterocycles. The number of hydrogen-bond donors (Lipinski definition) is 2. The van der Waals surface area contributed by atoms with Gasteiger partial charge in [-0.2, -0.15) is 0 Å². The molecule has 2 aromatic rings. The predicted octanol–water partition coefficient (Wildman–Crippen LogP) is 4.33. The summed E-state index contributed by atoms with van der Waals surface area (Å²) in [5, 5.41) is 12.6. The first-order valence-corrected chi connectivity index (χ1v) is 10.9. The van der Waals surface area contributed by atoms with Gasteiger partial charge in [-0.15, -0.1) is 0 Å². The zero-order chi connectivity index (χ0) is 22.6. The largest absolute Gasteiger partial charge is 0.497 e. The Morgan fingerprint density at radius 2 is 1.84 bits per heavy atom. The fraction of sp³-hybridized carbons (Fsp3) is 0.417. The Bertz CT molecular complexity index is 842. The normalized spacial score (nSPS) is 11.9. The van der Waals surface area contributed by atoms with Crippen molar-refractivity contribution in [2.75, 3.05) is 26.7 Å². The van der Waals surface area contributed by atoms with Crippen LogP contribution in [0.25, 0.3) is 0 Å². The average molecular weight is 447 g/mol. The van der Waals surface area contributed by atoms with E-state index >= 15 is 0 Å². The molecule has 1 atom stereocenters. The van der Waals surface area contributed by atoms with Gasteiger partial charge in [0, 0.05) is 30.6 Å². The maximum absolute atomic E-state index is 12.2. The monoisotopic (exact) mass is 446 g/mol. The molecule has 168 valence electrons. The van der Waals surface area contributed by atoms with E-state index in [9.17, 15) is 9.59 Å². The molecule has 0 spiro atoms. The minimum absolute atomic E-state index is 0.0311. The number of carbonyl (C=O) groups excluding carboxylic acids is 1. The van der Waals surface area contributed by atoms with Gasteiger partial charge >= 0.3 is 5.97 Å². The summed E-state index contributed by atoms with van der Waals surface area (Å²) < 4.78 is 5.19. The number of carboxylic acids is 1.